The van der Waals surface area contributed by atoms with Crippen molar-refractivity contribution in [2.24, 2.45) is 5.73 Å². The summed E-state index contributed by atoms with van der Waals surface area (Å²) in [6.45, 7) is 5.71. The fourth-order valence-corrected chi connectivity index (χ4v) is 1.83. The molecule has 5 heteroatoms. The van der Waals surface area contributed by atoms with Crippen LogP contribution in [0.1, 0.15) is 19.8 Å². The second-order valence-corrected chi connectivity index (χ2v) is 4.26. The minimum absolute atomic E-state index is 0.300. The SMILES string of the molecule is CC(CN1CCCC1)NCC(N)C(=O)O. The molecule has 88 valence electrons. The van der Waals surface area contributed by atoms with Crippen molar-refractivity contribution in [1.82, 2.24) is 10.2 Å². The van der Waals surface area contributed by atoms with Crippen LogP contribution < -0.4 is 11.1 Å². The highest BCUT2D eigenvalue weighted by Gasteiger charge is 2.16. The molecular weight excluding hydrogens is 194 g/mol. The molecule has 0 aromatic rings. The third kappa shape index (κ3) is 4.59. The van der Waals surface area contributed by atoms with Gasteiger partial charge in [-0.2, -0.15) is 0 Å². The number of hydrogen-bond acceptors (Lipinski definition) is 4. The van der Waals surface area contributed by atoms with Crippen LogP contribution in [0.3, 0.4) is 0 Å². The van der Waals surface area contributed by atoms with Crippen LogP contribution in [0, 0.1) is 0 Å². The Kier molecular flexibility index (Phi) is 5.01. The lowest BCUT2D eigenvalue weighted by Gasteiger charge is -2.21. The molecule has 2 unspecified atom stereocenters. The van der Waals surface area contributed by atoms with Gasteiger partial charge in [-0.25, -0.2) is 0 Å². The number of nitrogens with two attached hydrogens (primary N) is 1. The minimum Gasteiger partial charge on any atom is -0.480 e. The van der Waals surface area contributed by atoms with Crippen molar-refractivity contribution in [3.8, 4) is 0 Å². The largest absolute Gasteiger partial charge is 0.480 e. The molecule has 4 N–H and O–H groups in total. The molecule has 1 rings (SSSR count). The molecule has 15 heavy (non-hydrogen) atoms. The normalized spacial score (nSPS) is 21.5. The first-order valence-electron chi connectivity index (χ1n) is 5.53. The van der Waals surface area contributed by atoms with E-state index in [0.29, 0.717) is 12.6 Å². The number of likely N-dealkylation sites (tertiary alicyclic amines) is 1. The van der Waals surface area contributed by atoms with E-state index < -0.39 is 12.0 Å². The number of aliphatic carboxylic acids is 1. The Morgan fingerprint density at radius 2 is 2.13 bits per heavy atom. The van der Waals surface area contributed by atoms with Crippen molar-refractivity contribution in [1.29, 1.82) is 0 Å². The van der Waals surface area contributed by atoms with E-state index in [0.717, 1.165) is 19.6 Å². The maximum absolute atomic E-state index is 10.5. The van der Waals surface area contributed by atoms with Gasteiger partial charge in [0.05, 0.1) is 0 Å². The summed E-state index contributed by atoms with van der Waals surface area (Å²) in [6.07, 6.45) is 2.56. The highest BCUT2D eigenvalue weighted by atomic mass is 16.4. The van der Waals surface area contributed by atoms with E-state index in [4.69, 9.17) is 10.8 Å². The van der Waals surface area contributed by atoms with Crippen LogP contribution in [0.25, 0.3) is 0 Å². The molecule has 1 fully saturated rings. The number of carboxylic acids is 1. The van der Waals surface area contributed by atoms with Crippen molar-refractivity contribution >= 4 is 5.97 Å². The number of carbonyl (C=O) groups is 1. The molecule has 1 heterocycles. The number of nitrogens with zero attached hydrogens (tertiary/aromatic N) is 1. The van der Waals surface area contributed by atoms with E-state index in [9.17, 15) is 4.79 Å². The highest BCUT2D eigenvalue weighted by molar-refractivity contribution is 5.73. The van der Waals surface area contributed by atoms with Crippen molar-refractivity contribution in [2.75, 3.05) is 26.2 Å². The molecule has 1 saturated heterocycles. The van der Waals surface area contributed by atoms with Gasteiger partial charge in [-0.15, -0.1) is 0 Å². The van der Waals surface area contributed by atoms with Crippen molar-refractivity contribution in [3.05, 3.63) is 0 Å². The second kappa shape index (κ2) is 6.05. The average Bonchev–Trinajstić information content (AvgIpc) is 2.66. The topological polar surface area (TPSA) is 78.6 Å². The maximum atomic E-state index is 10.5. The van der Waals surface area contributed by atoms with Gasteiger partial charge in [0.1, 0.15) is 6.04 Å². The summed E-state index contributed by atoms with van der Waals surface area (Å²) >= 11 is 0. The number of rotatable bonds is 6. The van der Waals surface area contributed by atoms with Crippen LogP contribution in [0.15, 0.2) is 0 Å². The summed E-state index contributed by atoms with van der Waals surface area (Å²) in [5, 5.41) is 11.7. The quantitative estimate of drug-likeness (QED) is 0.555. The van der Waals surface area contributed by atoms with Crippen LogP contribution in [0.4, 0.5) is 0 Å². The van der Waals surface area contributed by atoms with Gasteiger partial charge in [-0.05, 0) is 32.9 Å². The molecule has 0 saturated carbocycles. The van der Waals surface area contributed by atoms with Gasteiger partial charge in [0.25, 0.3) is 0 Å². The van der Waals surface area contributed by atoms with E-state index in [1.54, 1.807) is 0 Å². The molecule has 0 aromatic carbocycles. The summed E-state index contributed by atoms with van der Waals surface area (Å²) in [7, 11) is 0. The van der Waals surface area contributed by atoms with Crippen LogP contribution in [0.2, 0.25) is 0 Å². The summed E-state index contributed by atoms with van der Waals surface area (Å²) in [4.78, 5) is 12.9. The molecule has 0 bridgehead atoms. The molecule has 0 radical (unpaired) electrons. The lowest BCUT2D eigenvalue weighted by Crippen LogP contribution is -2.46. The van der Waals surface area contributed by atoms with E-state index in [1.807, 2.05) is 0 Å². The first kappa shape index (κ1) is 12.4. The lowest BCUT2D eigenvalue weighted by molar-refractivity contribution is -0.138. The molecule has 1 aliphatic rings. The summed E-state index contributed by atoms with van der Waals surface area (Å²) in [6, 6.07) is -0.500. The predicted octanol–water partition coefficient (Wildman–Crippen LogP) is -0.528. The van der Waals surface area contributed by atoms with Gasteiger partial charge in [-0.1, -0.05) is 0 Å². The summed E-state index contributed by atoms with van der Waals surface area (Å²) < 4.78 is 0. The Hall–Kier alpha value is -0.650. The van der Waals surface area contributed by atoms with Crippen molar-refractivity contribution in [2.45, 2.75) is 31.8 Å². The molecular formula is C10H21N3O2. The number of carboxylic acid groups (broad SMARTS) is 1. The molecule has 0 aromatic heterocycles. The third-order valence-corrected chi connectivity index (χ3v) is 2.73. The van der Waals surface area contributed by atoms with Gasteiger partial charge in [-0.3, -0.25) is 4.79 Å². The Morgan fingerprint density at radius 3 is 2.67 bits per heavy atom. The predicted molar refractivity (Wildman–Crippen MR) is 58.7 cm³/mol. The number of nitrogens with one attached hydrogen (secondary N) is 1. The first-order valence-corrected chi connectivity index (χ1v) is 5.53. The molecule has 0 spiro atoms. The first-order chi connectivity index (χ1) is 7.09. The average molecular weight is 215 g/mol. The van der Waals surface area contributed by atoms with E-state index in [1.165, 1.54) is 12.8 Å². The van der Waals surface area contributed by atoms with Crippen molar-refractivity contribution in [3.63, 3.8) is 0 Å². The van der Waals surface area contributed by atoms with Crippen LogP contribution >= 0.6 is 0 Å². The van der Waals surface area contributed by atoms with Crippen LogP contribution in [0.5, 0.6) is 0 Å². The molecule has 0 amide bonds. The molecule has 5 nitrogen and oxygen atoms in total. The number of hydrogen-bond donors (Lipinski definition) is 3. The lowest BCUT2D eigenvalue weighted by atomic mass is 10.2. The van der Waals surface area contributed by atoms with Crippen LogP contribution in [-0.2, 0) is 4.79 Å². The summed E-state index contributed by atoms with van der Waals surface area (Å²) in [5.74, 6) is -0.948. The van der Waals surface area contributed by atoms with E-state index in [-0.39, 0.29) is 0 Å². The Bertz CT molecular complexity index is 205. The van der Waals surface area contributed by atoms with Crippen molar-refractivity contribution < 1.29 is 9.90 Å². The van der Waals surface area contributed by atoms with Gasteiger partial charge in [0, 0.05) is 19.1 Å². The monoisotopic (exact) mass is 215 g/mol. The summed E-state index contributed by atoms with van der Waals surface area (Å²) in [5.41, 5.74) is 5.40. The molecule has 1 aliphatic heterocycles. The fourth-order valence-electron chi connectivity index (χ4n) is 1.83. The highest BCUT2D eigenvalue weighted by Crippen LogP contribution is 2.07. The fraction of sp³-hybridized carbons (Fsp3) is 0.900. The van der Waals surface area contributed by atoms with Gasteiger partial charge in [0.2, 0.25) is 0 Å². The second-order valence-electron chi connectivity index (χ2n) is 4.26. The van der Waals surface area contributed by atoms with E-state index in [2.05, 4.69) is 17.1 Å². The zero-order chi connectivity index (χ0) is 11.3. The van der Waals surface area contributed by atoms with E-state index >= 15 is 0 Å². The Morgan fingerprint density at radius 1 is 1.53 bits per heavy atom. The smallest absolute Gasteiger partial charge is 0.321 e. The standard InChI is InChI=1S/C10H21N3O2/c1-8(7-13-4-2-3-5-13)12-6-9(11)10(14)15/h8-9,12H,2-7,11H2,1H3,(H,14,15). The third-order valence-electron chi connectivity index (χ3n) is 2.73. The van der Waals surface area contributed by atoms with Gasteiger partial charge in [0.15, 0.2) is 0 Å². The van der Waals surface area contributed by atoms with Crippen LogP contribution in [-0.4, -0.2) is 54.2 Å². The maximum Gasteiger partial charge on any atom is 0.321 e. The Labute approximate surface area is 90.6 Å². The molecule has 2 atom stereocenters. The zero-order valence-electron chi connectivity index (χ0n) is 9.28. The Balaban J connectivity index is 2.12. The van der Waals surface area contributed by atoms with Gasteiger partial charge >= 0.3 is 5.97 Å². The van der Waals surface area contributed by atoms with Gasteiger partial charge < -0.3 is 21.1 Å². The minimum atomic E-state index is -0.948. The molecule has 0 aliphatic carbocycles. The zero-order valence-corrected chi connectivity index (χ0v) is 9.28.